The van der Waals surface area contributed by atoms with Crippen LogP contribution in [0.5, 0.6) is 0 Å². The molecule has 0 spiro atoms. The molecule has 4 N–H and O–H groups in total. The van der Waals surface area contributed by atoms with E-state index in [0.717, 1.165) is 29.9 Å². The lowest BCUT2D eigenvalue weighted by Gasteiger charge is -2.14. The molecule has 0 fully saturated rings. The van der Waals surface area contributed by atoms with Crippen LogP contribution in [0.1, 0.15) is 32.3 Å². The summed E-state index contributed by atoms with van der Waals surface area (Å²) in [5, 5.41) is 13.6. The molecule has 0 atom stereocenters. The Morgan fingerprint density at radius 2 is 1.12 bits per heavy atom. The molecule has 2 aromatic heterocycles. The Labute approximate surface area is 314 Å². The fourth-order valence-electron chi connectivity index (χ4n) is 5.49. The van der Waals surface area contributed by atoms with Crippen molar-refractivity contribution in [1.29, 1.82) is 0 Å². The summed E-state index contributed by atoms with van der Waals surface area (Å²) < 4.78 is 0. The van der Waals surface area contributed by atoms with Gasteiger partial charge in [0.1, 0.15) is 5.92 Å². The van der Waals surface area contributed by atoms with Crippen LogP contribution in [0.2, 0.25) is 20.1 Å². The van der Waals surface area contributed by atoms with Crippen LogP contribution in [0, 0.1) is 0 Å². The summed E-state index contributed by atoms with van der Waals surface area (Å²) in [5.74, 6) is -0.992. The van der Waals surface area contributed by atoms with E-state index in [-0.39, 0.29) is 36.9 Å². The summed E-state index contributed by atoms with van der Waals surface area (Å²) in [7, 11) is 8.02. The minimum Gasteiger partial charge on any atom is -0.354 e. The van der Waals surface area contributed by atoms with Gasteiger partial charge in [-0.2, -0.15) is 15.0 Å². The Hall–Kier alpha value is -4.30. The lowest BCUT2D eigenvalue weighted by molar-refractivity contribution is 0.0888. The molecule has 0 saturated carbocycles. The van der Waals surface area contributed by atoms with Crippen molar-refractivity contribution in [1.82, 2.24) is 29.7 Å². The Bertz CT molecular complexity index is 2050. The van der Waals surface area contributed by atoms with E-state index in [1.54, 1.807) is 6.07 Å². The third kappa shape index (κ3) is 7.96. The molecule has 0 bridgehead atoms. The van der Waals surface area contributed by atoms with Crippen LogP contribution in [-0.4, -0.2) is 95.7 Å². The molecular formula is C35H34Cl4N10O2. The number of anilines is 6. The molecule has 0 unspecified atom stereocenters. The normalized spacial score (nSPS) is 13.0. The lowest BCUT2D eigenvalue weighted by atomic mass is 9.98. The summed E-state index contributed by atoms with van der Waals surface area (Å²) in [6.07, 6.45) is 0. The molecule has 3 aromatic carbocycles. The van der Waals surface area contributed by atoms with Gasteiger partial charge in [0.05, 0.1) is 48.1 Å². The van der Waals surface area contributed by atoms with Gasteiger partial charge in [0.2, 0.25) is 17.8 Å². The highest BCUT2D eigenvalue weighted by Crippen LogP contribution is 2.48. The van der Waals surface area contributed by atoms with Crippen molar-refractivity contribution in [3.8, 4) is 0 Å². The fraction of sp³-hybridized carbons (Fsp3) is 0.257. The number of hydrogen-bond acceptors (Lipinski definition) is 12. The average molecular weight is 769 g/mol. The van der Waals surface area contributed by atoms with Crippen LogP contribution in [-0.2, 0) is 0 Å². The first-order valence-electron chi connectivity index (χ1n) is 15.9. The van der Waals surface area contributed by atoms with E-state index in [0.29, 0.717) is 42.1 Å². The molecule has 1 aliphatic rings. The number of benzene rings is 3. The summed E-state index contributed by atoms with van der Waals surface area (Å²) in [4.78, 5) is 49.7. The smallest absolute Gasteiger partial charge is 0.233 e. The number of aromatic nitrogens is 4. The zero-order chi connectivity index (χ0) is 36.4. The van der Waals surface area contributed by atoms with Crippen molar-refractivity contribution in [3.05, 3.63) is 91.5 Å². The van der Waals surface area contributed by atoms with Crippen molar-refractivity contribution >= 4 is 104 Å². The molecule has 0 amide bonds. The molecule has 12 nitrogen and oxygen atoms in total. The van der Waals surface area contributed by atoms with Crippen LogP contribution in [0.25, 0.3) is 10.9 Å². The van der Waals surface area contributed by atoms with Gasteiger partial charge in [-0.15, -0.1) is 0 Å². The number of para-hydroxylation sites is 1. The number of carbonyl (C=O) groups excluding carboxylic acids is 2. The number of ketones is 2. The monoisotopic (exact) mass is 766 g/mol. The quantitative estimate of drug-likeness (QED) is 0.0532. The van der Waals surface area contributed by atoms with E-state index in [9.17, 15) is 9.59 Å². The largest absolute Gasteiger partial charge is 0.354 e. The third-order valence-electron chi connectivity index (χ3n) is 8.06. The standard InChI is InChI=1S/C35H34Cl4N10O2/c1-48(2)16-14-40-33-45-34(41-15-17-49(3)4)47-35(46-33)43-20-11-9-19(10-12-20)42-22-7-5-6-18-8-13-21(44-30(18)22)23-31(50)24-25(32(23)51)27(37)29(39)28(38)26(24)36/h5-13,23,42H,14-17H2,1-4H3,(H3,40,41,43,45,46,47). The second-order valence-corrected chi connectivity index (χ2v) is 13.9. The van der Waals surface area contributed by atoms with Gasteiger partial charge in [0.25, 0.3) is 0 Å². The number of rotatable bonds is 13. The number of Topliss-reactive ketones (excluding diaryl/α,β-unsaturated/α-hetero) is 2. The molecule has 2 heterocycles. The third-order valence-corrected chi connectivity index (χ3v) is 9.86. The summed E-state index contributed by atoms with van der Waals surface area (Å²) in [6.45, 7) is 2.98. The summed E-state index contributed by atoms with van der Waals surface area (Å²) >= 11 is 25.1. The van der Waals surface area contributed by atoms with Gasteiger partial charge in [-0.25, -0.2) is 4.98 Å². The number of pyridine rings is 1. The molecule has 5 aromatic rings. The van der Waals surface area contributed by atoms with Crippen molar-refractivity contribution in [2.45, 2.75) is 5.92 Å². The zero-order valence-corrected chi connectivity index (χ0v) is 31.1. The van der Waals surface area contributed by atoms with E-state index in [1.165, 1.54) is 0 Å². The minimum atomic E-state index is -1.24. The Kier molecular flexibility index (Phi) is 11.1. The Balaban J connectivity index is 1.22. The van der Waals surface area contributed by atoms with Crippen LogP contribution < -0.4 is 21.3 Å². The topological polar surface area (TPSA) is 140 Å². The van der Waals surface area contributed by atoms with Crippen molar-refractivity contribution in [3.63, 3.8) is 0 Å². The van der Waals surface area contributed by atoms with Gasteiger partial charge in [-0.1, -0.05) is 64.6 Å². The fourth-order valence-corrected chi connectivity index (χ4v) is 6.53. The van der Waals surface area contributed by atoms with E-state index in [4.69, 9.17) is 51.4 Å². The Morgan fingerprint density at radius 1 is 0.608 bits per heavy atom. The SMILES string of the molecule is CN(C)CCNc1nc(NCCN(C)C)nc(Nc2ccc(Nc3cccc4ccc(C5C(=O)c6c(Cl)c(Cl)c(Cl)c(Cl)c6C5=O)nc34)cc2)n1. The van der Waals surface area contributed by atoms with Crippen LogP contribution in [0.4, 0.5) is 34.9 Å². The van der Waals surface area contributed by atoms with Crippen LogP contribution in [0.15, 0.2) is 54.6 Å². The van der Waals surface area contributed by atoms with E-state index in [1.807, 2.05) is 76.7 Å². The predicted octanol–water partition coefficient (Wildman–Crippen LogP) is 7.63. The van der Waals surface area contributed by atoms with Gasteiger partial charge < -0.3 is 31.1 Å². The van der Waals surface area contributed by atoms with E-state index in [2.05, 4.69) is 46.0 Å². The molecular weight excluding hydrogens is 734 g/mol. The molecule has 0 saturated heterocycles. The van der Waals surface area contributed by atoms with Crippen molar-refractivity contribution in [2.75, 3.05) is 75.6 Å². The van der Waals surface area contributed by atoms with Gasteiger partial charge in [-0.3, -0.25) is 9.59 Å². The lowest BCUT2D eigenvalue weighted by Crippen LogP contribution is -2.23. The van der Waals surface area contributed by atoms with Crippen molar-refractivity contribution in [2.24, 2.45) is 0 Å². The maximum absolute atomic E-state index is 13.5. The molecule has 1 aliphatic carbocycles. The second kappa shape index (κ2) is 15.5. The first kappa shape index (κ1) is 36.5. The minimum absolute atomic E-state index is 0.0427. The van der Waals surface area contributed by atoms with Crippen molar-refractivity contribution < 1.29 is 9.59 Å². The molecule has 51 heavy (non-hydrogen) atoms. The number of fused-ring (bicyclic) bond motifs is 2. The Morgan fingerprint density at radius 3 is 1.65 bits per heavy atom. The number of nitrogens with one attached hydrogen (secondary N) is 4. The number of halogens is 4. The van der Waals surface area contributed by atoms with Crippen LogP contribution >= 0.6 is 46.4 Å². The zero-order valence-electron chi connectivity index (χ0n) is 28.1. The predicted molar refractivity (Wildman–Crippen MR) is 207 cm³/mol. The number of carbonyl (C=O) groups is 2. The summed E-state index contributed by atoms with van der Waals surface area (Å²) in [6, 6.07) is 16.7. The number of likely N-dealkylation sites (N-methyl/N-ethyl adjacent to an activating group) is 2. The molecule has 16 heteroatoms. The highest BCUT2D eigenvalue weighted by Gasteiger charge is 2.45. The highest BCUT2D eigenvalue weighted by atomic mass is 35.5. The van der Waals surface area contributed by atoms with Gasteiger partial charge in [0, 0.05) is 42.9 Å². The molecule has 0 aliphatic heterocycles. The van der Waals surface area contributed by atoms with E-state index >= 15 is 0 Å². The molecule has 0 radical (unpaired) electrons. The number of hydrogen-bond donors (Lipinski definition) is 4. The average Bonchev–Trinajstić information content (AvgIpc) is 3.36. The first-order valence-corrected chi connectivity index (χ1v) is 17.4. The second-order valence-electron chi connectivity index (χ2n) is 12.4. The van der Waals surface area contributed by atoms with Gasteiger partial charge >= 0.3 is 0 Å². The van der Waals surface area contributed by atoms with Crippen LogP contribution in [0.3, 0.4) is 0 Å². The van der Waals surface area contributed by atoms with E-state index < -0.39 is 17.5 Å². The highest BCUT2D eigenvalue weighted by molar-refractivity contribution is 6.55. The summed E-state index contributed by atoms with van der Waals surface area (Å²) in [5.41, 5.74) is 2.95. The first-order chi connectivity index (χ1) is 24.4. The van der Waals surface area contributed by atoms with Gasteiger partial charge in [-0.05, 0) is 64.6 Å². The molecule has 6 rings (SSSR count). The maximum atomic E-state index is 13.5. The maximum Gasteiger partial charge on any atom is 0.233 e. The number of nitrogens with zero attached hydrogens (tertiary/aromatic N) is 6. The molecule has 264 valence electrons. The van der Waals surface area contributed by atoms with Gasteiger partial charge in [0.15, 0.2) is 11.6 Å².